The van der Waals surface area contributed by atoms with Gasteiger partial charge in [-0.15, -0.1) is 0 Å². The Morgan fingerprint density at radius 2 is 1.76 bits per heavy atom. The third-order valence-electron chi connectivity index (χ3n) is 6.06. The molecule has 3 heterocycles. The molecule has 0 saturated carbocycles. The normalized spacial score (nSPS) is 18.6. The van der Waals surface area contributed by atoms with E-state index in [1.165, 1.54) is 4.90 Å². The number of hydrogen-bond donors (Lipinski definition) is 0. The first-order valence-corrected chi connectivity index (χ1v) is 11.3. The van der Waals surface area contributed by atoms with E-state index in [0.717, 1.165) is 22.1 Å². The average molecular weight is 417 g/mol. The second-order valence-corrected chi connectivity index (χ2v) is 10.1. The quantitative estimate of drug-likeness (QED) is 0.608. The fourth-order valence-corrected chi connectivity index (χ4v) is 5.76. The fraction of sp³-hybridized carbons (Fsp3) is 0.429. The summed E-state index contributed by atoms with van der Waals surface area (Å²) in [5.74, 6) is 0.570. The van der Waals surface area contributed by atoms with Gasteiger partial charge in [-0.2, -0.15) is 0 Å². The average Bonchev–Trinajstić information content (AvgIpc) is 3.15. The van der Waals surface area contributed by atoms with Crippen LogP contribution in [0.1, 0.15) is 28.9 Å². The van der Waals surface area contributed by atoms with Gasteiger partial charge >= 0.3 is 5.63 Å². The zero-order valence-electron chi connectivity index (χ0n) is 16.9. The molecular weight excluding hydrogens is 394 g/mol. The Labute approximate surface area is 168 Å². The topological polar surface area (TPSA) is 97.8 Å². The molecule has 29 heavy (non-hydrogen) atoms. The highest BCUT2D eigenvalue weighted by atomic mass is 32.2. The lowest BCUT2D eigenvalue weighted by Crippen LogP contribution is -2.39. The van der Waals surface area contributed by atoms with Crippen molar-refractivity contribution in [2.75, 3.05) is 18.6 Å². The molecule has 1 aromatic carbocycles. The maximum absolute atomic E-state index is 12.8. The van der Waals surface area contributed by atoms with E-state index in [-0.39, 0.29) is 29.9 Å². The zero-order valence-corrected chi connectivity index (χ0v) is 17.7. The van der Waals surface area contributed by atoms with E-state index >= 15 is 0 Å². The fourth-order valence-electron chi connectivity index (χ4n) is 3.99. The molecule has 1 aliphatic rings. The number of rotatable bonds is 3. The standard InChI is InChI=1S/C21H23NO6S/c1-11-13(3)27-18-9-19-16(7-15(11)18)12(2)17(21(24)28-19)8-20(23)22(4)14-5-6-29(25,26)10-14/h7,9,14H,5-6,8,10H2,1-4H3/t14-/m0/s1. The molecular formula is C21H23NO6S. The molecule has 1 amide bonds. The number of nitrogens with zero attached hydrogens (tertiary/aromatic N) is 1. The first-order valence-electron chi connectivity index (χ1n) is 9.49. The zero-order chi connectivity index (χ0) is 21.1. The summed E-state index contributed by atoms with van der Waals surface area (Å²) in [6.45, 7) is 5.65. The van der Waals surface area contributed by atoms with Crippen molar-refractivity contribution in [2.24, 2.45) is 0 Å². The van der Waals surface area contributed by atoms with Crippen LogP contribution in [0.2, 0.25) is 0 Å². The smallest absolute Gasteiger partial charge is 0.340 e. The predicted molar refractivity (Wildman–Crippen MR) is 110 cm³/mol. The SMILES string of the molecule is Cc1oc2cc3oc(=O)c(CC(=O)N(C)[C@H]4CCS(=O)(=O)C4)c(C)c3cc2c1C. The second kappa shape index (κ2) is 6.73. The van der Waals surface area contributed by atoms with Crippen LogP contribution >= 0.6 is 0 Å². The van der Waals surface area contributed by atoms with E-state index in [4.69, 9.17) is 8.83 Å². The molecule has 4 rings (SSSR count). The first kappa shape index (κ1) is 19.7. The molecule has 2 aromatic heterocycles. The van der Waals surface area contributed by atoms with Gasteiger partial charge in [-0.25, -0.2) is 13.2 Å². The summed E-state index contributed by atoms with van der Waals surface area (Å²) in [4.78, 5) is 26.8. The van der Waals surface area contributed by atoms with Crippen LogP contribution in [-0.4, -0.2) is 43.8 Å². The largest absolute Gasteiger partial charge is 0.461 e. The Morgan fingerprint density at radius 3 is 2.41 bits per heavy atom. The maximum atomic E-state index is 12.8. The molecule has 1 fully saturated rings. The monoisotopic (exact) mass is 417 g/mol. The number of amides is 1. The third-order valence-corrected chi connectivity index (χ3v) is 7.81. The van der Waals surface area contributed by atoms with Gasteiger partial charge in [0.05, 0.1) is 23.5 Å². The summed E-state index contributed by atoms with van der Waals surface area (Å²) in [5.41, 5.74) is 2.52. The van der Waals surface area contributed by atoms with Crippen LogP contribution in [0.4, 0.5) is 0 Å². The summed E-state index contributed by atoms with van der Waals surface area (Å²) in [6, 6.07) is 3.28. The minimum atomic E-state index is -3.10. The van der Waals surface area contributed by atoms with Crippen molar-refractivity contribution in [3.05, 3.63) is 45.0 Å². The van der Waals surface area contributed by atoms with Crippen molar-refractivity contribution < 1.29 is 22.0 Å². The van der Waals surface area contributed by atoms with E-state index in [0.29, 0.717) is 28.7 Å². The molecule has 0 radical (unpaired) electrons. The molecule has 0 spiro atoms. The molecule has 7 nitrogen and oxygen atoms in total. The molecule has 0 N–H and O–H groups in total. The molecule has 0 unspecified atom stereocenters. The minimum absolute atomic E-state index is 0.0301. The van der Waals surface area contributed by atoms with Crippen molar-refractivity contribution in [1.29, 1.82) is 0 Å². The number of carbonyl (C=O) groups excluding carboxylic acids is 1. The van der Waals surface area contributed by atoms with E-state index < -0.39 is 15.5 Å². The van der Waals surface area contributed by atoms with Crippen LogP contribution in [0.5, 0.6) is 0 Å². The molecule has 1 saturated heterocycles. The van der Waals surface area contributed by atoms with Crippen LogP contribution in [0, 0.1) is 20.8 Å². The van der Waals surface area contributed by atoms with Gasteiger partial charge in [0, 0.05) is 29.9 Å². The number of aryl methyl sites for hydroxylation is 3. The lowest BCUT2D eigenvalue weighted by atomic mass is 10.0. The van der Waals surface area contributed by atoms with Gasteiger partial charge in [0.15, 0.2) is 9.84 Å². The van der Waals surface area contributed by atoms with E-state index in [9.17, 15) is 18.0 Å². The Morgan fingerprint density at radius 1 is 1.10 bits per heavy atom. The van der Waals surface area contributed by atoms with Crippen LogP contribution in [0.15, 0.2) is 25.8 Å². The Hall–Kier alpha value is -2.61. The van der Waals surface area contributed by atoms with E-state index in [2.05, 4.69) is 0 Å². The molecule has 1 aliphatic heterocycles. The van der Waals surface area contributed by atoms with Gasteiger partial charge in [0.2, 0.25) is 5.91 Å². The maximum Gasteiger partial charge on any atom is 0.340 e. The number of sulfone groups is 1. The predicted octanol–water partition coefficient (Wildman–Crippen LogP) is 2.65. The third kappa shape index (κ3) is 3.35. The van der Waals surface area contributed by atoms with Crippen molar-refractivity contribution in [2.45, 2.75) is 39.7 Å². The van der Waals surface area contributed by atoms with Gasteiger partial charge in [-0.3, -0.25) is 4.79 Å². The summed E-state index contributed by atoms with van der Waals surface area (Å²) < 4.78 is 34.6. The highest BCUT2D eigenvalue weighted by Crippen LogP contribution is 2.31. The van der Waals surface area contributed by atoms with Crippen molar-refractivity contribution >= 4 is 37.7 Å². The van der Waals surface area contributed by atoms with Crippen molar-refractivity contribution in [3.8, 4) is 0 Å². The number of benzene rings is 1. The van der Waals surface area contributed by atoms with Gasteiger partial charge in [-0.1, -0.05) is 0 Å². The number of fused-ring (bicyclic) bond motifs is 2. The van der Waals surface area contributed by atoms with Crippen molar-refractivity contribution in [1.82, 2.24) is 4.90 Å². The Bertz CT molecular complexity index is 1310. The van der Waals surface area contributed by atoms with E-state index in [1.807, 2.05) is 19.9 Å². The summed E-state index contributed by atoms with van der Waals surface area (Å²) in [5, 5.41) is 1.70. The summed E-state index contributed by atoms with van der Waals surface area (Å²) in [6.07, 6.45) is 0.297. The number of carbonyl (C=O) groups is 1. The molecule has 0 aliphatic carbocycles. The molecule has 8 heteroatoms. The first-order chi connectivity index (χ1) is 13.6. The van der Waals surface area contributed by atoms with Gasteiger partial charge in [0.1, 0.15) is 16.9 Å². The summed E-state index contributed by atoms with van der Waals surface area (Å²) >= 11 is 0. The molecule has 3 aromatic rings. The lowest BCUT2D eigenvalue weighted by molar-refractivity contribution is -0.130. The van der Waals surface area contributed by atoms with Crippen LogP contribution < -0.4 is 5.63 Å². The molecule has 154 valence electrons. The number of furan rings is 1. The van der Waals surface area contributed by atoms with Crippen LogP contribution in [0.3, 0.4) is 0 Å². The number of likely N-dealkylation sites (N-methyl/N-ethyl adjacent to an activating group) is 1. The highest BCUT2D eigenvalue weighted by Gasteiger charge is 2.33. The van der Waals surface area contributed by atoms with Crippen LogP contribution in [0.25, 0.3) is 21.9 Å². The molecule has 1 atom stereocenters. The van der Waals surface area contributed by atoms with Gasteiger partial charge in [-0.05, 0) is 44.4 Å². The lowest BCUT2D eigenvalue weighted by Gasteiger charge is -2.23. The Kier molecular flexibility index (Phi) is 4.57. The van der Waals surface area contributed by atoms with Crippen LogP contribution in [-0.2, 0) is 21.1 Å². The Balaban J connectivity index is 1.72. The summed E-state index contributed by atoms with van der Waals surface area (Å²) in [7, 11) is -1.51. The van der Waals surface area contributed by atoms with E-state index in [1.54, 1.807) is 20.0 Å². The van der Waals surface area contributed by atoms with Gasteiger partial charge < -0.3 is 13.7 Å². The number of hydrogen-bond acceptors (Lipinski definition) is 6. The molecule has 0 bridgehead atoms. The van der Waals surface area contributed by atoms with Crippen molar-refractivity contribution in [3.63, 3.8) is 0 Å². The van der Waals surface area contributed by atoms with Gasteiger partial charge in [0.25, 0.3) is 0 Å². The highest BCUT2D eigenvalue weighted by molar-refractivity contribution is 7.91. The second-order valence-electron chi connectivity index (χ2n) is 7.86. The minimum Gasteiger partial charge on any atom is -0.461 e.